The molecule has 0 bridgehead atoms. The third-order valence-electron chi connectivity index (χ3n) is 4.31. The van der Waals surface area contributed by atoms with Crippen LogP contribution in [0.5, 0.6) is 5.75 Å². The van der Waals surface area contributed by atoms with Gasteiger partial charge in [0.1, 0.15) is 5.75 Å². The van der Waals surface area contributed by atoms with Crippen molar-refractivity contribution in [2.24, 2.45) is 11.8 Å². The summed E-state index contributed by atoms with van der Waals surface area (Å²) in [6.45, 7) is 3.22. The molecule has 0 saturated heterocycles. The molecule has 3 heteroatoms. The smallest absolute Gasteiger partial charge is 0.127 e. The van der Waals surface area contributed by atoms with Crippen molar-refractivity contribution in [3.8, 4) is 5.75 Å². The molecule has 1 aromatic carbocycles. The van der Waals surface area contributed by atoms with Crippen LogP contribution in [0.3, 0.4) is 0 Å². The molecule has 18 heavy (non-hydrogen) atoms. The Morgan fingerprint density at radius 1 is 1.39 bits per heavy atom. The van der Waals surface area contributed by atoms with Crippen LogP contribution in [0, 0.1) is 15.4 Å². The molecule has 2 nitrogen and oxygen atoms in total. The Kier molecular flexibility index (Phi) is 3.54. The van der Waals surface area contributed by atoms with Crippen molar-refractivity contribution in [1.82, 2.24) is 5.32 Å². The van der Waals surface area contributed by atoms with Gasteiger partial charge in [0.15, 0.2) is 0 Å². The van der Waals surface area contributed by atoms with Crippen molar-refractivity contribution in [3.63, 3.8) is 0 Å². The van der Waals surface area contributed by atoms with Crippen LogP contribution in [0.1, 0.15) is 36.9 Å². The minimum Gasteiger partial charge on any atom is -0.493 e. The molecule has 0 spiro atoms. The molecule has 1 aromatic rings. The highest BCUT2D eigenvalue weighted by Gasteiger charge is 2.35. The summed E-state index contributed by atoms with van der Waals surface area (Å²) < 4.78 is 7.20. The van der Waals surface area contributed by atoms with Crippen LogP contribution in [-0.2, 0) is 6.42 Å². The third-order valence-corrected chi connectivity index (χ3v) is 4.94. The minimum absolute atomic E-state index is 0.430. The molecule has 3 rings (SSSR count). The zero-order chi connectivity index (χ0) is 12.7. The second-order valence-corrected chi connectivity index (χ2v) is 6.79. The predicted molar refractivity (Wildman–Crippen MR) is 82.0 cm³/mol. The fourth-order valence-corrected chi connectivity index (χ4v) is 3.84. The average molecular weight is 357 g/mol. The number of benzene rings is 1. The minimum atomic E-state index is 0.430. The Labute approximate surface area is 123 Å². The normalized spacial score (nSPS) is 21.3. The molecule has 2 atom stereocenters. The molecule has 0 aromatic heterocycles. The number of ether oxygens (including phenoxy) is 1. The van der Waals surface area contributed by atoms with Crippen LogP contribution in [-0.4, -0.2) is 13.7 Å². The fourth-order valence-electron chi connectivity index (χ4n) is 3.12. The summed E-state index contributed by atoms with van der Waals surface area (Å²) >= 11 is 2.42. The van der Waals surface area contributed by atoms with Gasteiger partial charge in [0.05, 0.1) is 6.61 Å². The van der Waals surface area contributed by atoms with Crippen LogP contribution in [0.2, 0.25) is 0 Å². The zero-order valence-electron chi connectivity index (χ0n) is 11.0. The van der Waals surface area contributed by atoms with Crippen LogP contribution in [0.15, 0.2) is 12.1 Å². The molecular formula is C15H20INO. The van der Waals surface area contributed by atoms with Crippen molar-refractivity contribution < 1.29 is 4.74 Å². The van der Waals surface area contributed by atoms with Crippen LogP contribution in [0.25, 0.3) is 0 Å². The van der Waals surface area contributed by atoms with Gasteiger partial charge in [-0.2, -0.15) is 0 Å². The lowest BCUT2D eigenvalue weighted by atomic mass is 9.89. The molecule has 1 fully saturated rings. The third kappa shape index (κ3) is 2.27. The maximum atomic E-state index is 5.87. The Balaban J connectivity index is 1.98. The van der Waals surface area contributed by atoms with Gasteiger partial charge in [-0.05, 0) is 72.0 Å². The van der Waals surface area contributed by atoms with E-state index in [2.05, 4.69) is 54.0 Å². The molecule has 98 valence electrons. The summed E-state index contributed by atoms with van der Waals surface area (Å²) in [5.74, 6) is 2.75. The Bertz CT molecular complexity index is 456. The molecule has 1 N–H and O–H groups in total. The van der Waals surface area contributed by atoms with E-state index in [1.54, 1.807) is 0 Å². The average Bonchev–Trinajstić information content (AvgIpc) is 3.09. The Morgan fingerprint density at radius 3 is 2.83 bits per heavy atom. The largest absolute Gasteiger partial charge is 0.493 e. The standard InChI is InChI=1S/C15H20INO/c1-9(10-3-4-10)14(17-2)13-8-12(16)7-11-5-6-18-15(11)13/h7-10,14,17H,3-6H2,1-2H3. The van der Waals surface area contributed by atoms with Gasteiger partial charge in [0, 0.05) is 21.6 Å². The highest BCUT2D eigenvalue weighted by Crippen LogP contribution is 2.45. The van der Waals surface area contributed by atoms with Gasteiger partial charge >= 0.3 is 0 Å². The van der Waals surface area contributed by atoms with E-state index < -0.39 is 0 Å². The summed E-state index contributed by atoms with van der Waals surface area (Å²) in [6.07, 6.45) is 3.85. The van der Waals surface area contributed by atoms with Crippen molar-refractivity contribution in [3.05, 3.63) is 26.8 Å². The van der Waals surface area contributed by atoms with Crippen LogP contribution < -0.4 is 10.1 Å². The zero-order valence-corrected chi connectivity index (χ0v) is 13.2. The molecule has 2 unspecified atom stereocenters. The van der Waals surface area contributed by atoms with Gasteiger partial charge in [-0.25, -0.2) is 0 Å². The van der Waals surface area contributed by atoms with E-state index in [1.165, 1.54) is 27.5 Å². The van der Waals surface area contributed by atoms with E-state index in [9.17, 15) is 0 Å². The van der Waals surface area contributed by atoms with Gasteiger partial charge in [-0.3, -0.25) is 0 Å². The molecule has 1 saturated carbocycles. The van der Waals surface area contributed by atoms with Crippen LogP contribution in [0.4, 0.5) is 0 Å². The summed E-state index contributed by atoms with van der Waals surface area (Å²) in [4.78, 5) is 0. The molecule has 0 amide bonds. The molecule has 1 aliphatic heterocycles. The van der Waals surface area contributed by atoms with E-state index in [-0.39, 0.29) is 0 Å². The monoisotopic (exact) mass is 357 g/mol. The Morgan fingerprint density at radius 2 is 2.17 bits per heavy atom. The first-order chi connectivity index (χ1) is 8.70. The van der Waals surface area contributed by atoms with Crippen molar-refractivity contribution in [2.45, 2.75) is 32.2 Å². The van der Waals surface area contributed by atoms with Gasteiger partial charge in [-0.15, -0.1) is 0 Å². The molecule has 1 heterocycles. The number of hydrogen-bond acceptors (Lipinski definition) is 2. The van der Waals surface area contributed by atoms with Crippen molar-refractivity contribution >= 4 is 22.6 Å². The Hall–Kier alpha value is -0.290. The van der Waals surface area contributed by atoms with E-state index in [4.69, 9.17) is 4.74 Å². The number of rotatable bonds is 4. The summed E-state index contributed by atoms with van der Waals surface area (Å²) in [5.41, 5.74) is 2.76. The number of fused-ring (bicyclic) bond motifs is 1. The lowest BCUT2D eigenvalue weighted by Crippen LogP contribution is -2.25. The number of halogens is 1. The second kappa shape index (κ2) is 5.00. The topological polar surface area (TPSA) is 21.3 Å². The summed E-state index contributed by atoms with van der Waals surface area (Å²) in [6, 6.07) is 4.99. The van der Waals surface area contributed by atoms with E-state index in [0.29, 0.717) is 12.0 Å². The molecule has 0 radical (unpaired) electrons. The van der Waals surface area contributed by atoms with Crippen LogP contribution >= 0.6 is 22.6 Å². The molecule has 1 aliphatic carbocycles. The lowest BCUT2D eigenvalue weighted by molar-refractivity contribution is 0.327. The highest BCUT2D eigenvalue weighted by molar-refractivity contribution is 14.1. The first-order valence-corrected chi connectivity index (χ1v) is 7.91. The van der Waals surface area contributed by atoms with Gasteiger partial charge < -0.3 is 10.1 Å². The number of hydrogen-bond donors (Lipinski definition) is 1. The van der Waals surface area contributed by atoms with Gasteiger partial charge in [-0.1, -0.05) is 6.92 Å². The van der Waals surface area contributed by atoms with E-state index >= 15 is 0 Å². The fraction of sp³-hybridized carbons (Fsp3) is 0.600. The lowest BCUT2D eigenvalue weighted by Gasteiger charge is -2.26. The molecule has 2 aliphatic rings. The van der Waals surface area contributed by atoms with Crippen molar-refractivity contribution in [2.75, 3.05) is 13.7 Å². The quantitative estimate of drug-likeness (QED) is 0.833. The SMILES string of the molecule is CNC(c1cc(I)cc2c1OCC2)C(C)C1CC1. The molecular weight excluding hydrogens is 337 g/mol. The maximum Gasteiger partial charge on any atom is 0.127 e. The van der Waals surface area contributed by atoms with Gasteiger partial charge in [0.25, 0.3) is 0 Å². The first kappa shape index (κ1) is 12.7. The predicted octanol–water partition coefficient (Wildman–Crippen LogP) is 3.53. The van der Waals surface area contributed by atoms with Gasteiger partial charge in [0.2, 0.25) is 0 Å². The number of nitrogens with one attached hydrogen (secondary N) is 1. The van der Waals surface area contributed by atoms with Crippen molar-refractivity contribution in [1.29, 1.82) is 0 Å². The second-order valence-electron chi connectivity index (χ2n) is 5.54. The summed E-state index contributed by atoms with van der Waals surface area (Å²) in [7, 11) is 2.07. The highest BCUT2D eigenvalue weighted by atomic mass is 127. The summed E-state index contributed by atoms with van der Waals surface area (Å²) in [5, 5.41) is 3.51. The van der Waals surface area contributed by atoms with E-state index in [0.717, 1.165) is 24.7 Å². The van der Waals surface area contributed by atoms with E-state index in [1.807, 2.05) is 0 Å². The maximum absolute atomic E-state index is 5.87. The first-order valence-electron chi connectivity index (χ1n) is 6.83.